The zero-order valence-electron chi connectivity index (χ0n) is 21.7. The summed E-state index contributed by atoms with van der Waals surface area (Å²) in [5.74, 6) is -3.95. The van der Waals surface area contributed by atoms with E-state index in [-0.39, 0.29) is 42.6 Å². The molecule has 1 saturated heterocycles. The van der Waals surface area contributed by atoms with Gasteiger partial charge in [-0.15, -0.1) is 13.2 Å². The summed E-state index contributed by atoms with van der Waals surface area (Å²) in [5, 5.41) is 0. The first kappa shape index (κ1) is 28.5. The fourth-order valence-electron chi connectivity index (χ4n) is 4.39. The number of benzene rings is 4. The number of halogens is 6. The second kappa shape index (κ2) is 11.8. The van der Waals surface area contributed by atoms with Crippen LogP contribution in [0.3, 0.4) is 0 Å². The normalized spacial score (nSPS) is 17.3. The summed E-state index contributed by atoms with van der Waals surface area (Å²) in [6.07, 6.45) is -5.62. The molecule has 0 spiro atoms. The van der Waals surface area contributed by atoms with Gasteiger partial charge < -0.3 is 18.9 Å². The standard InChI is InChI=1S/C31H24F6O4/c1-18-2-4-20(5-3-18)22-8-11-25(26(32)12-22)23-13-27(33)29(28(34)14-23)38-15-19-16-39-30(40-17-19)21-6-9-24(10-7-21)41-31(35,36)37/h2-14,19,30H,15-17H2,1H3. The number of hydrogen-bond acceptors (Lipinski definition) is 4. The van der Waals surface area contributed by atoms with Crippen LogP contribution in [0.5, 0.6) is 11.5 Å². The van der Waals surface area contributed by atoms with Crippen LogP contribution >= 0.6 is 0 Å². The van der Waals surface area contributed by atoms with Gasteiger partial charge in [0.2, 0.25) is 0 Å². The first-order valence-corrected chi connectivity index (χ1v) is 12.6. The van der Waals surface area contributed by atoms with Gasteiger partial charge in [0.05, 0.1) is 19.8 Å². The summed E-state index contributed by atoms with van der Waals surface area (Å²) in [7, 11) is 0. The minimum Gasteiger partial charge on any atom is -0.487 e. The molecular formula is C31H24F6O4. The second-order valence-electron chi connectivity index (χ2n) is 9.62. The van der Waals surface area contributed by atoms with Crippen molar-refractivity contribution in [2.75, 3.05) is 19.8 Å². The Labute approximate surface area is 232 Å². The Bertz CT molecular complexity index is 1470. The van der Waals surface area contributed by atoms with Crippen LogP contribution in [0.1, 0.15) is 17.4 Å². The number of rotatable bonds is 7. The lowest BCUT2D eigenvalue weighted by molar-refractivity contribution is -0.274. The van der Waals surface area contributed by atoms with Crippen molar-refractivity contribution in [3.8, 4) is 33.8 Å². The molecule has 1 heterocycles. The summed E-state index contributed by atoms with van der Waals surface area (Å²) in [5.41, 5.74) is 3.07. The molecule has 0 amide bonds. The van der Waals surface area contributed by atoms with E-state index in [0.29, 0.717) is 11.1 Å². The lowest BCUT2D eigenvalue weighted by Gasteiger charge is -2.29. The van der Waals surface area contributed by atoms with Gasteiger partial charge in [-0.05, 0) is 53.9 Å². The lowest BCUT2D eigenvalue weighted by atomic mass is 9.99. The Morgan fingerprint density at radius 2 is 1.32 bits per heavy atom. The minimum atomic E-state index is -4.80. The average Bonchev–Trinajstić information content (AvgIpc) is 2.93. The Morgan fingerprint density at radius 1 is 0.732 bits per heavy atom. The predicted molar refractivity (Wildman–Crippen MR) is 139 cm³/mol. The molecule has 10 heteroatoms. The second-order valence-corrected chi connectivity index (χ2v) is 9.62. The monoisotopic (exact) mass is 574 g/mol. The smallest absolute Gasteiger partial charge is 0.487 e. The SMILES string of the molecule is Cc1ccc(-c2ccc(-c3cc(F)c(OCC4COC(c5ccc(OC(F)(F)F)cc5)OC4)c(F)c3)c(F)c2)cc1. The molecule has 4 aromatic carbocycles. The van der Waals surface area contributed by atoms with E-state index in [1.54, 1.807) is 6.07 Å². The first-order valence-electron chi connectivity index (χ1n) is 12.6. The number of aryl methyl sites for hydroxylation is 1. The van der Waals surface area contributed by atoms with Gasteiger partial charge in [-0.3, -0.25) is 0 Å². The fourth-order valence-corrected chi connectivity index (χ4v) is 4.39. The van der Waals surface area contributed by atoms with Crippen molar-refractivity contribution >= 4 is 0 Å². The van der Waals surface area contributed by atoms with Crippen molar-refractivity contribution in [1.82, 2.24) is 0 Å². The summed E-state index contributed by atoms with van der Waals surface area (Å²) in [4.78, 5) is 0. The highest BCUT2D eigenvalue weighted by atomic mass is 19.4. The van der Waals surface area contributed by atoms with Gasteiger partial charge in [-0.2, -0.15) is 0 Å². The number of ether oxygens (including phenoxy) is 4. The number of hydrogen-bond donors (Lipinski definition) is 0. The van der Waals surface area contributed by atoms with Gasteiger partial charge >= 0.3 is 6.36 Å². The summed E-state index contributed by atoms with van der Waals surface area (Å²) < 4.78 is 102. The summed E-state index contributed by atoms with van der Waals surface area (Å²) >= 11 is 0. The zero-order valence-corrected chi connectivity index (χ0v) is 21.7. The van der Waals surface area contributed by atoms with Crippen molar-refractivity contribution in [2.45, 2.75) is 19.6 Å². The van der Waals surface area contributed by atoms with Gasteiger partial charge in [0.15, 0.2) is 23.7 Å². The maximum Gasteiger partial charge on any atom is 0.573 e. The Hall–Kier alpha value is -4.02. The van der Waals surface area contributed by atoms with E-state index in [2.05, 4.69) is 4.74 Å². The molecule has 0 aliphatic carbocycles. The highest BCUT2D eigenvalue weighted by Crippen LogP contribution is 2.34. The molecule has 4 nitrogen and oxygen atoms in total. The van der Waals surface area contributed by atoms with Crippen molar-refractivity contribution in [3.63, 3.8) is 0 Å². The third kappa shape index (κ3) is 7.01. The zero-order chi connectivity index (χ0) is 29.1. The highest BCUT2D eigenvalue weighted by molar-refractivity contribution is 5.71. The molecule has 0 unspecified atom stereocenters. The van der Waals surface area contributed by atoms with Crippen LogP contribution in [0, 0.1) is 30.3 Å². The van der Waals surface area contributed by atoms with Crippen molar-refractivity contribution in [3.05, 3.63) is 107 Å². The molecular weight excluding hydrogens is 550 g/mol. The Morgan fingerprint density at radius 3 is 1.90 bits per heavy atom. The molecule has 0 radical (unpaired) electrons. The van der Waals surface area contributed by atoms with E-state index in [0.717, 1.165) is 35.4 Å². The third-order valence-corrected chi connectivity index (χ3v) is 6.48. The van der Waals surface area contributed by atoms with Crippen LogP contribution in [0.2, 0.25) is 0 Å². The van der Waals surface area contributed by atoms with Crippen molar-refractivity contribution in [2.24, 2.45) is 5.92 Å². The Kier molecular flexibility index (Phi) is 8.23. The van der Waals surface area contributed by atoms with Gasteiger partial charge in [0.25, 0.3) is 0 Å². The van der Waals surface area contributed by atoms with Crippen LogP contribution in [0.15, 0.2) is 78.9 Å². The van der Waals surface area contributed by atoms with E-state index in [1.165, 1.54) is 24.3 Å². The van der Waals surface area contributed by atoms with Crippen LogP contribution in [-0.2, 0) is 9.47 Å². The molecule has 1 fully saturated rings. The van der Waals surface area contributed by atoms with Gasteiger partial charge in [-0.25, -0.2) is 13.2 Å². The van der Waals surface area contributed by atoms with Crippen LogP contribution in [0.4, 0.5) is 26.3 Å². The molecule has 0 bridgehead atoms. The summed E-state index contributed by atoms with van der Waals surface area (Å²) in [6, 6.07) is 19.1. The van der Waals surface area contributed by atoms with Gasteiger partial charge in [0, 0.05) is 17.0 Å². The lowest BCUT2D eigenvalue weighted by Crippen LogP contribution is -2.31. The van der Waals surface area contributed by atoms with E-state index in [1.807, 2.05) is 31.2 Å². The molecule has 214 valence electrons. The van der Waals surface area contributed by atoms with Crippen LogP contribution in [-0.4, -0.2) is 26.2 Å². The summed E-state index contributed by atoms with van der Waals surface area (Å²) in [6.45, 7) is 2.05. The predicted octanol–water partition coefficient (Wildman–Crippen LogP) is 8.39. The maximum absolute atomic E-state index is 14.9. The third-order valence-electron chi connectivity index (χ3n) is 6.48. The van der Waals surface area contributed by atoms with Crippen LogP contribution in [0.25, 0.3) is 22.3 Å². The molecule has 41 heavy (non-hydrogen) atoms. The van der Waals surface area contributed by atoms with Crippen molar-refractivity contribution < 1.29 is 45.3 Å². The molecule has 4 aromatic rings. The maximum atomic E-state index is 14.9. The minimum absolute atomic E-state index is 0.0270. The quantitative estimate of drug-likeness (QED) is 0.208. The van der Waals surface area contributed by atoms with E-state index >= 15 is 0 Å². The van der Waals surface area contributed by atoms with Crippen LogP contribution < -0.4 is 9.47 Å². The van der Waals surface area contributed by atoms with Gasteiger partial charge in [-0.1, -0.05) is 54.1 Å². The Balaban J connectivity index is 1.19. The molecule has 0 saturated carbocycles. The van der Waals surface area contributed by atoms with E-state index < -0.39 is 35.9 Å². The number of alkyl halides is 3. The van der Waals surface area contributed by atoms with Crippen molar-refractivity contribution in [1.29, 1.82) is 0 Å². The van der Waals surface area contributed by atoms with Gasteiger partial charge in [0.1, 0.15) is 11.6 Å². The highest BCUT2D eigenvalue weighted by Gasteiger charge is 2.31. The average molecular weight is 575 g/mol. The topological polar surface area (TPSA) is 36.9 Å². The largest absolute Gasteiger partial charge is 0.573 e. The molecule has 0 atom stereocenters. The molecule has 5 rings (SSSR count). The van der Waals surface area contributed by atoms with E-state index in [9.17, 15) is 26.3 Å². The first-order chi connectivity index (χ1) is 19.6. The van der Waals surface area contributed by atoms with E-state index in [4.69, 9.17) is 14.2 Å². The fraction of sp³-hybridized carbons (Fsp3) is 0.226. The molecule has 0 aromatic heterocycles. The molecule has 1 aliphatic heterocycles. The molecule has 0 N–H and O–H groups in total. The molecule has 1 aliphatic rings.